The van der Waals surface area contributed by atoms with Crippen LogP contribution in [-0.4, -0.2) is 29.5 Å². The number of ketones is 1. The number of carbonyl (C=O) groups is 1. The molecule has 0 unspecified atom stereocenters. The molecule has 2 atom stereocenters. The number of nitrogens with one attached hydrogen (secondary N) is 1. The molecule has 104 valence electrons. The molecule has 1 aromatic carbocycles. The molecule has 1 aliphatic heterocycles. The molecular weight excluding hydrogens is 252 g/mol. The first-order valence-corrected chi connectivity index (χ1v) is 6.92. The first-order chi connectivity index (χ1) is 9.72. The van der Waals surface area contributed by atoms with E-state index < -0.39 is 0 Å². The van der Waals surface area contributed by atoms with Gasteiger partial charge < -0.3 is 10.1 Å². The third-order valence-electron chi connectivity index (χ3n) is 3.70. The molecule has 2 aromatic rings. The van der Waals surface area contributed by atoms with Crippen LogP contribution in [0.1, 0.15) is 19.0 Å². The highest BCUT2D eigenvalue weighted by molar-refractivity contribution is 5.81. The molecule has 4 heteroatoms. The summed E-state index contributed by atoms with van der Waals surface area (Å²) in [4.78, 5) is 15.9. The van der Waals surface area contributed by atoms with Crippen LogP contribution in [0.15, 0.2) is 36.4 Å². The number of para-hydroxylation sites is 1. The van der Waals surface area contributed by atoms with Gasteiger partial charge in [-0.2, -0.15) is 0 Å². The van der Waals surface area contributed by atoms with E-state index in [1.54, 1.807) is 6.92 Å². The first-order valence-electron chi connectivity index (χ1n) is 6.92. The topological polar surface area (TPSA) is 51.2 Å². The Kier molecular flexibility index (Phi) is 3.76. The lowest BCUT2D eigenvalue weighted by atomic mass is 10.1. The number of hydrogen-bond acceptors (Lipinski definition) is 4. The Morgan fingerprint density at radius 3 is 3.00 bits per heavy atom. The van der Waals surface area contributed by atoms with E-state index >= 15 is 0 Å². The third kappa shape index (κ3) is 2.86. The molecule has 0 spiro atoms. The van der Waals surface area contributed by atoms with E-state index in [-0.39, 0.29) is 17.9 Å². The van der Waals surface area contributed by atoms with Gasteiger partial charge in [0.25, 0.3) is 0 Å². The molecule has 0 radical (unpaired) electrons. The normalized spacial score (nSPS) is 22.2. The average molecular weight is 270 g/mol. The number of fused-ring (bicyclic) bond motifs is 1. The standard InChI is InChI=1S/C16H18N2O2/c1-11(19)16-8-14(9-17-16)20-10-13-7-6-12-4-2-3-5-15(12)18-13/h2-7,14,16-17H,8-10H2,1H3/t14-,16+/m1/s1. The second-order valence-corrected chi connectivity index (χ2v) is 5.24. The molecule has 4 nitrogen and oxygen atoms in total. The van der Waals surface area contributed by atoms with Gasteiger partial charge in [0.1, 0.15) is 5.78 Å². The van der Waals surface area contributed by atoms with Crippen molar-refractivity contribution in [2.24, 2.45) is 0 Å². The van der Waals surface area contributed by atoms with Gasteiger partial charge in [-0.05, 0) is 25.5 Å². The predicted octanol–water partition coefficient (Wildman–Crippen LogP) is 2.07. The molecule has 2 heterocycles. The summed E-state index contributed by atoms with van der Waals surface area (Å²) in [7, 11) is 0. The third-order valence-corrected chi connectivity index (χ3v) is 3.70. The van der Waals surface area contributed by atoms with Crippen molar-refractivity contribution in [2.75, 3.05) is 6.54 Å². The Bertz CT molecular complexity index is 627. The fourth-order valence-corrected chi connectivity index (χ4v) is 2.53. The summed E-state index contributed by atoms with van der Waals surface area (Å²) in [6.45, 7) is 2.84. The van der Waals surface area contributed by atoms with Crippen molar-refractivity contribution < 1.29 is 9.53 Å². The lowest BCUT2D eigenvalue weighted by molar-refractivity contribution is -0.118. The summed E-state index contributed by atoms with van der Waals surface area (Å²) < 4.78 is 5.84. The molecule has 0 amide bonds. The van der Waals surface area contributed by atoms with Gasteiger partial charge >= 0.3 is 0 Å². The fourth-order valence-electron chi connectivity index (χ4n) is 2.53. The van der Waals surface area contributed by atoms with Crippen molar-refractivity contribution in [1.82, 2.24) is 10.3 Å². The summed E-state index contributed by atoms with van der Waals surface area (Å²) in [5.41, 5.74) is 1.91. The van der Waals surface area contributed by atoms with Crippen molar-refractivity contribution in [1.29, 1.82) is 0 Å². The molecule has 0 saturated carbocycles. The first kappa shape index (κ1) is 13.2. The van der Waals surface area contributed by atoms with Gasteiger partial charge in [0.2, 0.25) is 0 Å². The zero-order chi connectivity index (χ0) is 13.9. The van der Waals surface area contributed by atoms with Crippen LogP contribution in [-0.2, 0) is 16.1 Å². The van der Waals surface area contributed by atoms with Crippen LogP contribution in [0.2, 0.25) is 0 Å². The van der Waals surface area contributed by atoms with E-state index in [4.69, 9.17) is 4.74 Å². The number of pyridine rings is 1. The summed E-state index contributed by atoms with van der Waals surface area (Å²) >= 11 is 0. The lowest BCUT2D eigenvalue weighted by Gasteiger charge is -2.10. The number of benzene rings is 1. The molecule has 0 aliphatic carbocycles. The highest BCUT2D eigenvalue weighted by Crippen LogP contribution is 2.15. The second-order valence-electron chi connectivity index (χ2n) is 5.24. The molecule has 1 N–H and O–H groups in total. The van der Waals surface area contributed by atoms with Gasteiger partial charge in [0.05, 0.1) is 30.0 Å². The Balaban J connectivity index is 1.61. The highest BCUT2D eigenvalue weighted by atomic mass is 16.5. The van der Waals surface area contributed by atoms with E-state index in [1.807, 2.05) is 30.3 Å². The van der Waals surface area contributed by atoms with Crippen LogP contribution in [0.4, 0.5) is 0 Å². The minimum absolute atomic E-state index is 0.0513. The SMILES string of the molecule is CC(=O)[C@@H]1C[C@@H](OCc2ccc3ccccc3n2)CN1. The van der Waals surface area contributed by atoms with Crippen LogP contribution in [0, 0.1) is 0 Å². The maximum absolute atomic E-state index is 11.3. The molecule has 3 rings (SSSR count). The molecular formula is C16H18N2O2. The van der Waals surface area contributed by atoms with Gasteiger partial charge in [-0.3, -0.25) is 9.78 Å². The Morgan fingerprint density at radius 2 is 2.20 bits per heavy atom. The van der Waals surface area contributed by atoms with Gasteiger partial charge in [-0.1, -0.05) is 24.3 Å². The molecule has 0 bridgehead atoms. The molecule has 1 fully saturated rings. The Hall–Kier alpha value is -1.78. The van der Waals surface area contributed by atoms with Crippen molar-refractivity contribution in [3.05, 3.63) is 42.1 Å². The quantitative estimate of drug-likeness (QED) is 0.924. The van der Waals surface area contributed by atoms with E-state index in [0.717, 1.165) is 29.6 Å². The number of nitrogens with zero attached hydrogens (tertiary/aromatic N) is 1. The number of hydrogen-bond donors (Lipinski definition) is 1. The molecule has 1 aliphatic rings. The summed E-state index contributed by atoms with van der Waals surface area (Å²) in [6, 6.07) is 12.0. The molecule has 20 heavy (non-hydrogen) atoms. The van der Waals surface area contributed by atoms with Gasteiger partial charge in [0.15, 0.2) is 0 Å². The largest absolute Gasteiger partial charge is 0.371 e. The van der Waals surface area contributed by atoms with E-state index in [0.29, 0.717) is 6.61 Å². The van der Waals surface area contributed by atoms with Crippen LogP contribution >= 0.6 is 0 Å². The van der Waals surface area contributed by atoms with Crippen molar-refractivity contribution in [3.63, 3.8) is 0 Å². The van der Waals surface area contributed by atoms with Gasteiger partial charge in [0, 0.05) is 11.9 Å². The summed E-state index contributed by atoms with van der Waals surface area (Å²) in [5, 5.41) is 4.31. The van der Waals surface area contributed by atoms with E-state index in [9.17, 15) is 4.79 Å². The van der Waals surface area contributed by atoms with E-state index in [2.05, 4.69) is 16.4 Å². The lowest BCUT2D eigenvalue weighted by Crippen LogP contribution is -2.28. The Morgan fingerprint density at radius 1 is 1.35 bits per heavy atom. The van der Waals surface area contributed by atoms with Crippen LogP contribution in [0.3, 0.4) is 0 Å². The highest BCUT2D eigenvalue weighted by Gasteiger charge is 2.27. The molecule has 1 aromatic heterocycles. The summed E-state index contributed by atoms with van der Waals surface area (Å²) in [6.07, 6.45) is 0.847. The predicted molar refractivity (Wildman–Crippen MR) is 77.4 cm³/mol. The molecule has 1 saturated heterocycles. The van der Waals surface area contributed by atoms with Crippen molar-refractivity contribution >= 4 is 16.7 Å². The minimum Gasteiger partial charge on any atom is -0.371 e. The number of Topliss-reactive ketones (excluding diaryl/α,β-unsaturated/α-hetero) is 1. The van der Waals surface area contributed by atoms with Crippen molar-refractivity contribution in [2.45, 2.75) is 32.1 Å². The summed E-state index contributed by atoms with van der Waals surface area (Å²) in [5.74, 6) is 0.180. The zero-order valence-electron chi connectivity index (χ0n) is 11.5. The van der Waals surface area contributed by atoms with Crippen LogP contribution < -0.4 is 5.32 Å². The number of carbonyl (C=O) groups excluding carboxylic acids is 1. The maximum Gasteiger partial charge on any atom is 0.146 e. The smallest absolute Gasteiger partial charge is 0.146 e. The monoisotopic (exact) mass is 270 g/mol. The average Bonchev–Trinajstić information content (AvgIpc) is 2.94. The van der Waals surface area contributed by atoms with Gasteiger partial charge in [-0.25, -0.2) is 0 Å². The van der Waals surface area contributed by atoms with Crippen molar-refractivity contribution in [3.8, 4) is 0 Å². The Labute approximate surface area is 118 Å². The van der Waals surface area contributed by atoms with E-state index in [1.165, 1.54) is 0 Å². The number of ether oxygens (including phenoxy) is 1. The maximum atomic E-state index is 11.3. The van der Waals surface area contributed by atoms with Crippen LogP contribution in [0.25, 0.3) is 10.9 Å². The minimum atomic E-state index is -0.0513. The number of aromatic nitrogens is 1. The van der Waals surface area contributed by atoms with Crippen LogP contribution in [0.5, 0.6) is 0 Å². The zero-order valence-corrected chi connectivity index (χ0v) is 11.5. The second kappa shape index (κ2) is 5.69. The number of rotatable bonds is 4. The fraction of sp³-hybridized carbons (Fsp3) is 0.375. The van der Waals surface area contributed by atoms with Gasteiger partial charge in [-0.15, -0.1) is 0 Å².